The second-order valence-corrected chi connectivity index (χ2v) is 11.9. The highest BCUT2D eigenvalue weighted by Gasteiger charge is 2.21. The average molecular weight is 527 g/mol. The van der Waals surface area contributed by atoms with Crippen LogP contribution in [0.3, 0.4) is 0 Å². The molecule has 0 radical (unpaired) electrons. The Morgan fingerprint density at radius 2 is 0.974 bits per heavy atom. The van der Waals surface area contributed by atoms with Gasteiger partial charge in [0.15, 0.2) is 0 Å². The van der Waals surface area contributed by atoms with Crippen LogP contribution in [0.4, 0.5) is 0 Å². The van der Waals surface area contributed by atoms with E-state index in [-0.39, 0.29) is 10.8 Å². The van der Waals surface area contributed by atoms with Gasteiger partial charge in [0.05, 0.1) is 11.1 Å². The lowest BCUT2D eigenvalue weighted by atomic mass is 9.87. The van der Waals surface area contributed by atoms with Crippen LogP contribution in [0.5, 0.6) is 0 Å². The Balaban J connectivity index is 1.94. The van der Waals surface area contributed by atoms with Crippen molar-refractivity contribution in [3.8, 4) is 0 Å². The van der Waals surface area contributed by atoms with Crippen molar-refractivity contribution in [2.24, 2.45) is 0 Å². The van der Waals surface area contributed by atoms with Crippen molar-refractivity contribution in [1.29, 1.82) is 0 Å². The third-order valence-corrected chi connectivity index (χ3v) is 6.48. The molecule has 210 valence electrons. The van der Waals surface area contributed by atoms with Crippen molar-refractivity contribution in [2.45, 2.75) is 117 Å². The van der Waals surface area contributed by atoms with E-state index in [1.807, 2.05) is 24.3 Å². The van der Waals surface area contributed by atoms with Crippen molar-refractivity contribution < 1.29 is 29.1 Å². The van der Waals surface area contributed by atoms with Gasteiger partial charge in [-0.25, -0.2) is 9.59 Å². The summed E-state index contributed by atoms with van der Waals surface area (Å²) in [6.07, 6.45) is 7.12. The third kappa shape index (κ3) is 11.0. The molecule has 2 aromatic carbocycles. The van der Waals surface area contributed by atoms with Gasteiger partial charge in [-0.1, -0.05) is 111 Å². The van der Waals surface area contributed by atoms with E-state index in [1.54, 1.807) is 24.3 Å². The van der Waals surface area contributed by atoms with Gasteiger partial charge in [0, 0.05) is 6.42 Å². The normalized spacial score (nSPS) is 12.0. The zero-order valence-electron chi connectivity index (χ0n) is 24.3. The summed E-state index contributed by atoms with van der Waals surface area (Å²) in [5, 5.41) is 0. The molecule has 0 aromatic heterocycles. The maximum Gasteiger partial charge on any atom is 0.373 e. The van der Waals surface area contributed by atoms with Gasteiger partial charge >= 0.3 is 11.9 Å². The van der Waals surface area contributed by atoms with Crippen LogP contribution < -0.4 is 0 Å². The Morgan fingerprint density at radius 3 is 1.34 bits per heavy atom. The van der Waals surface area contributed by atoms with Crippen molar-refractivity contribution in [3.63, 3.8) is 0 Å². The summed E-state index contributed by atoms with van der Waals surface area (Å²) < 4.78 is 0. The fraction of sp³-hybridized carbons (Fsp3) is 0.562. The number of benzene rings is 2. The highest BCUT2D eigenvalue weighted by molar-refractivity contribution is 5.89. The van der Waals surface area contributed by atoms with E-state index in [0.717, 1.165) is 30.4 Å². The Kier molecular flexibility index (Phi) is 12.5. The molecular formula is C32H46O6. The largest absolute Gasteiger partial charge is 0.373 e. The molecule has 0 heterocycles. The first kappa shape index (κ1) is 31.5. The van der Waals surface area contributed by atoms with Crippen LogP contribution >= 0.6 is 0 Å². The smallest absolute Gasteiger partial charge is 0.290 e. The van der Waals surface area contributed by atoms with E-state index in [0.29, 0.717) is 17.5 Å². The monoisotopic (exact) mass is 526 g/mol. The van der Waals surface area contributed by atoms with Crippen LogP contribution in [0, 0.1) is 0 Å². The molecule has 0 amide bonds. The quantitative estimate of drug-likeness (QED) is 0.106. The first-order valence-electron chi connectivity index (χ1n) is 13.9. The Hall–Kier alpha value is -2.70. The second kappa shape index (κ2) is 15.0. The molecule has 6 heteroatoms. The van der Waals surface area contributed by atoms with E-state index in [1.165, 1.54) is 25.7 Å². The predicted molar refractivity (Wildman–Crippen MR) is 150 cm³/mol. The maximum absolute atomic E-state index is 12.5. The molecule has 0 saturated carbocycles. The molecule has 0 atom stereocenters. The molecule has 38 heavy (non-hydrogen) atoms. The lowest BCUT2D eigenvalue weighted by Crippen LogP contribution is -2.22. The van der Waals surface area contributed by atoms with E-state index in [9.17, 15) is 9.59 Å². The summed E-state index contributed by atoms with van der Waals surface area (Å²) in [5.74, 6) is -1.27. The number of hydrogen-bond acceptors (Lipinski definition) is 6. The summed E-state index contributed by atoms with van der Waals surface area (Å²) in [4.78, 5) is 45.8. The zero-order chi connectivity index (χ0) is 28.2. The molecule has 0 spiro atoms. The Morgan fingerprint density at radius 1 is 0.605 bits per heavy atom. The highest BCUT2D eigenvalue weighted by atomic mass is 17.3. The van der Waals surface area contributed by atoms with Gasteiger partial charge in [0.25, 0.3) is 0 Å². The standard InChI is InChI=1S/C32H46O6/c1-8-9-10-11-12-13-14-15-28(35-37-29(33)24-16-20-26(21-17-24)31(2,3)4)36-38-30(34)25-18-22-27(23-19-25)32(5,6)7/h16-23,28H,8-15H2,1-7H3. The third-order valence-electron chi connectivity index (χ3n) is 6.48. The van der Waals surface area contributed by atoms with Gasteiger partial charge in [-0.05, 0) is 52.6 Å². The van der Waals surface area contributed by atoms with Crippen molar-refractivity contribution in [1.82, 2.24) is 0 Å². The SMILES string of the molecule is CCCCCCCCCC(OOC(=O)c1ccc(C(C)(C)C)cc1)OOC(=O)c1ccc(C(C)(C)C)cc1. The zero-order valence-corrected chi connectivity index (χ0v) is 24.3. The molecule has 0 saturated heterocycles. The topological polar surface area (TPSA) is 71.1 Å². The molecule has 0 fully saturated rings. The summed E-state index contributed by atoms with van der Waals surface area (Å²) in [5.41, 5.74) is 2.90. The van der Waals surface area contributed by atoms with E-state index in [4.69, 9.17) is 19.6 Å². The van der Waals surface area contributed by atoms with Gasteiger partial charge in [-0.15, -0.1) is 9.78 Å². The van der Waals surface area contributed by atoms with Crippen LogP contribution in [0.25, 0.3) is 0 Å². The van der Waals surface area contributed by atoms with Crippen molar-refractivity contribution >= 4 is 11.9 Å². The number of carbonyl (C=O) groups excluding carboxylic acids is 2. The van der Waals surface area contributed by atoms with E-state index in [2.05, 4.69) is 48.5 Å². The van der Waals surface area contributed by atoms with Gasteiger partial charge in [-0.2, -0.15) is 0 Å². The van der Waals surface area contributed by atoms with Crippen molar-refractivity contribution in [3.05, 3.63) is 70.8 Å². The Labute approximate surface area is 228 Å². The fourth-order valence-electron chi connectivity index (χ4n) is 3.88. The molecular weight excluding hydrogens is 480 g/mol. The van der Waals surface area contributed by atoms with E-state index >= 15 is 0 Å². The molecule has 6 nitrogen and oxygen atoms in total. The minimum absolute atomic E-state index is 0.0225. The van der Waals surface area contributed by atoms with Gasteiger partial charge in [0.1, 0.15) is 0 Å². The van der Waals surface area contributed by atoms with Crippen LogP contribution in [0.15, 0.2) is 48.5 Å². The molecule has 0 aliphatic rings. The van der Waals surface area contributed by atoms with Crippen LogP contribution in [-0.4, -0.2) is 18.2 Å². The molecule has 2 rings (SSSR count). The number of rotatable bonds is 14. The molecule has 0 aliphatic carbocycles. The van der Waals surface area contributed by atoms with Crippen molar-refractivity contribution in [2.75, 3.05) is 0 Å². The minimum Gasteiger partial charge on any atom is -0.290 e. The summed E-state index contributed by atoms with van der Waals surface area (Å²) in [6.45, 7) is 14.8. The minimum atomic E-state index is -1.03. The van der Waals surface area contributed by atoms with E-state index < -0.39 is 18.2 Å². The first-order chi connectivity index (χ1) is 17.9. The molecule has 0 aliphatic heterocycles. The molecule has 0 bridgehead atoms. The first-order valence-corrected chi connectivity index (χ1v) is 13.9. The number of unbranched alkanes of at least 4 members (excludes halogenated alkanes) is 6. The summed E-state index contributed by atoms with van der Waals surface area (Å²) >= 11 is 0. The van der Waals surface area contributed by atoms with Crippen LogP contribution in [0.2, 0.25) is 0 Å². The number of carbonyl (C=O) groups is 2. The van der Waals surface area contributed by atoms with Crippen LogP contribution in [0.1, 0.15) is 132 Å². The Bertz CT molecular complexity index is 907. The van der Waals surface area contributed by atoms with Gasteiger partial charge in [-0.3, -0.25) is 9.78 Å². The molecule has 0 N–H and O–H groups in total. The lowest BCUT2D eigenvalue weighted by Gasteiger charge is -2.19. The average Bonchev–Trinajstić information content (AvgIpc) is 2.88. The van der Waals surface area contributed by atoms with Crippen LogP contribution in [-0.2, 0) is 30.4 Å². The molecule has 2 aromatic rings. The summed E-state index contributed by atoms with van der Waals surface area (Å²) in [6, 6.07) is 14.4. The second-order valence-electron chi connectivity index (χ2n) is 11.9. The predicted octanol–water partition coefficient (Wildman–Crippen LogP) is 8.63. The lowest BCUT2D eigenvalue weighted by molar-refractivity contribution is -0.421. The maximum atomic E-state index is 12.5. The van der Waals surface area contributed by atoms with Gasteiger partial charge < -0.3 is 0 Å². The number of hydrogen-bond donors (Lipinski definition) is 0. The molecule has 0 unspecified atom stereocenters. The van der Waals surface area contributed by atoms with Gasteiger partial charge in [0.2, 0.25) is 6.29 Å². The summed E-state index contributed by atoms with van der Waals surface area (Å²) in [7, 11) is 0. The highest BCUT2D eigenvalue weighted by Crippen LogP contribution is 2.24. The fourth-order valence-corrected chi connectivity index (χ4v) is 3.88.